The first kappa shape index (κ1) is 21.2. The smallest absolute Gasteiger partial charge is 0.307 e. The van der Waals surface area contributed by atoms with Crippen LogP contribution >= 0.6 is 0 Å². The Bertz CT molecular complexity index is 790. The van der Waals surface area contributed by atoms with Crippen molar-refractivity contribution in [2.24, 2.45) is 0 Å². The molecule has 0 radical (unpaired) electrons. The molecule has 1 heterocycles. The van der Waals surface area contributed by atoms with Gasteiger partial charge < -0.3 is 14.4 Å². The Balaban J connectivity index is 2.12. The highest BCUT2D eigenvalue weighted by atomic mass is 16.5. The molecule has 0 unspecified atom stereocenters. The number of pyridine rings is 1. The molecule has 148 valence electrons. The number of esters is 1. The van der Waals surface area contributed by atoms with Crippen LogP contribution in [0.3, 0.4) is 0 Å². The van der Waals surface area contributed by atoms with Gasteiger partial charge in [0.05, 0.1) is 20.1 Å². The van der Waals surface area contributed by atoms with Crippen molar-refractivity contribution in [3.63, 3.8) is 0 Å². The van der Waals surface area contributed by atoms with Gasteiger partial charge in [-0.05, 0) is 36.3 Å². The molecular formula is C22H26N2O4. The second-order valence-electron chi connectivity index (χ2n) is 6.16. The van der Waals surface area contributed by atoms with Crippen LogP contribution in [0.4, 0.5) is 0 Å². The van der Waals surface area contributed by atoms with E-state index in [1.807, 2.05) is 43.3 Å². The van der Waals surface area contributed by atoms with Crippen LogP contribution in [0.5, 0.6) is 5.75 Å². The van der Waals surface area contributed by atoms with Crippen LogP contribution in [0.2, 0.25) is 0 Å². The van der Waals surface area contributed by atoms with Crippen molar-refractivity contribution < 1.29 is 19.1 Å². The van der Waals surface area contributed by atoms with E-state index in [2.05, 4.69) is 4.98 Å². The number of rotatable bonds is 10. The van der Waals surface area contributed by atoms with E-state index in [9.17, 15) is 9.59 Å². The summed E-state index contributed by atoms with van der Waals surface area (Å²) in [5.41, 5.74) is 1.77. The predicted octanol–water partition coefficient (Wildman–Crippen LogP) is 3.48. The van der Waals surface area contributed by atoms with Gasteiger partial charge in [-0.25, -0.2) is 0 Å². The Hall–Kier alpha value is -3.15. The van der Waals surface area contributed by atoms with Crippen LogP contribution in [0.25, 0.3) is 6.08 Å². The van der Waals surface area contributed by atoms with Gasteiger partial charge in [0.2, 0.25) is 5.91 Å². The molecule has 0 saturated heterocycles. The van der Waals surface area contributed by atoms with Gasteiger partial charge >= 0.3 is 5.97 Å². The molecule has 0 aliphatic rings. The summed E-state index contributed by atoms with van der Waals surface area (Å²) in [6.07, 6.45) is 7.64. The molecule has 0 bridgehead atoms. The number of amides is 1. The van der Waals surface area contributed by atoms with Gasteiger partial charge in [0.1, 0.15) is 5.75 Å². The molecule has 0 aliphatic carbocycles. The third-order valence-electron chi connectivity index (χ3n) is 4.03. The summed E-state index contributed by atoms with van der Waals surface area (Å²) in [5, 5.41) is 0. The standard InChI is InChI=1S/C22H26N2O4/c1-3-16-28-20-7-5-4-6-19(20)8-9-21(25)24(15-12-22(26)27-2)17-18-10-13-23-14-11-18/h4-11,13-14H,3,12,15-17H2,1-2H3/b9-8+. The lowest BCUT2D eigenvalue weighted by molar-refractivity contribution is -0.141. The normalized spacial score (nSPS) is 10.6. The zero-order chi connectivity index (χ0) is 20.2. The van der Waals surface area contributed by atoms with Crippen molar-refractivity contribution in [2.45, 2.75) is 26.3 Å². The lowest BCUT2D eigenvalue weighted by Crippen LogP contribution is -2.31. The van der Waals surface area contributed by atoms with E-state index in [4.69, 9.17) is 9.47 Å². The zero-order valence-corrected chi connectivity index (χ0v) is 16.3. The minimum absolute atomic E-state index is 0.136. The molecule has 0 saturated carbocycles. The Morgan fingerprint density at radius 1 is 1.14 bits per heavy atom. The van der Waals surface area contributed by atoms with Crippen LogP contribution in [-0.4, -0.2) is 42.0 Å². The molecule has 6 heteroatoms. The Morgan fingerprint density at radius 3 is 2.61 bits per heavy atom. The maximum atomic E-state index is 12.8. The molecule has 0 atom stereocenters. The summed E-state index contributed by atoms with van der Waals surface area (Å²) in [5.74, 6) is 0.199. The molecule has 0 fully saturated rings. The fourth-order valence-electron chi connectivity index (χ4n) is 2.53. The van der Waals surface area contributed by atoms with Crippen LogP contribution in [0.1, 0.15) is 30.9 Å². The summed E-state index contributed by atoms with van der Waals surface area (Å²) >= 11 is 0. The number of hydrogen-bond donors (Lipinski definition) is 0. The molecule has 6 nitrogen and oxygen atoms in total. The lowest BCUT2D eigenvalue weighted by Gasteiger charge is -2.21. The Morgan fingerprint density at radius 2 is 1.89 bits per heavy atom. The molecule has 28 heavy (non-hydrogen) atoms. The van der Waals surface area contributed by atoms with Crippen molar-refractivity contribution in [1.82, 2.24) is 9.88 Å². The van der Waals surface area contributed by atoms with Crippen molar-refractivity contribution in [1.29, 1.82) is 0 Å². The SMILES string of the molecule is CCCOc1ccccc1/C=C/C(=O)N(CCC(=O)OC)Cc1ccncc1. The highest BCUT2D eigenvalue weighted by Gasteiger charge is 2.14. The molecule has 0 N–H and O–H groups in total. The molecule has 1 amide bonds. The van der Waals surface area contributed by atoms with Gasteiger partial charge in [-0.1, -0.05) is 25.1 Å². The Kier molecular flexibility index (Phi) is 8.72. The lowest BCUT2D eigenvalue weighted by atomic mass is 10.1. The average Bonchev–Trinajstić information content (AvgIpc) is 2.74. The first-order valence-corrected chi connectivity index (χ1v) is 9.28. The predicted molar refractivity (Wildman–Crippen MR) is 108 cm³/mol. The van der Waals surface area contributed by atoms with E-state index in [0.717, 1.165) is 23.3 Å². The second kappa shape index (κ2) is 11.5. The minimum Gasteiger partial charge on any atom is -0.493 e. The zero-order valence-electron chi connectivity index (χ0n) is 16.3. The molecular weight excluding hydrogens is 356 g/mol. The van der Waals surface area contributed by atoms with Gasteiger partial charge in [-0.3, -0.25) is 14.6 Å². The first-order chi connectivity index (χ1) is 13.6. The van der Waals surface area contributed by atoms with Crippen molar-refractivity contribution in [3.8, 4) is 5.75 Å². The van der Waals surface area contributed by atoms with Gasteiger partial charge in [0.15, 0.2) is 0 Å². The number of carbonyl (C=O) groups is 2. The number of ether oxygens (including phenoxy) is 2. The van der Waals surface area contributed by atoms with Gasteiger partial charge in [-0.15, -0.1) is 0 Å². The van der Waals surface area contributed by atoms with E-state index in [-0.39, 0.29) is 24.8 Å². The average molecular weight is 382 g/mol. The highest BCUT2D eigenvalue weighted by Crippen LogP contribution is 2.20. The number of benzene rings is 1. The number of methoxy groups -OCH3 is 1. The molecule has 0 spiro atoms. The monoisotopic (exact) mass is 382 g/mol. The van der Waals surface area contributed by atoms with E-state index in [1.54, 1.807) is 23.4 Å². The second-order valence-corrected chi connectivity index (χ2v) is 6.16. The van der Waals surface area contributed by atoms with Gasteiger partial charge in [0.25, 0.3) is 0 Å². The fraction of sp³-hybridized carbons (Fsp3) is 0.318. The maximum Gasteiger partial charge on any atom is 0.307 e. The van der Waals surface area contributed by atoms with E-state index in [0.29, 0.717) is 13.2 Å². The summed E-state index contributed by atoms with van der Waals surface area (Å²) < 4.78 is 10.4. The summed E-state index contributed by atoms with van der Waals surface area (Å²) in [4.78, 5) is 29.9. The van der Waals surface area contributed by atoms with Gasteiger partial charge in [-0.2, -0.15) is 0 Å². The summed E-state index contributed by atoms with van der Waals surface area (Å²) in [6, 6.07) is 11.3. The van der Waals surface area contributed by atoms with Gasteiger partial charge in [0, 0.05) is 37.1 Å². The number of para-hydroxylation sites is 1. The molecule has 2 rings (SSSR count). The molecule has 0 aliphatic heterocycles. The number of hydrogen-bond acceptors (Lipinski definition) is 5. The molecule has 2 aromatic rings. The quantitative estimate of drug-likeness (QED) is 0.465. The summed E-state index contributed by atoms with van der Waals surface area (Å²) in [7, 11) is 1.34. The van der Waals surface area contributed by atoms with Crippen LogP contribution in [-0.2, 0) is 20.9 Å². The van der Waals surface area contributed by atoms with Crippen LogP contribution < -0.4 is 4.74 Å². The number of nitrogens with zero attached hydrogens (tertiary/aromatic N) is 2. The minimum atomic E-state index is -0.352. The van der Waals surface area contributed by atoms with E-state index < -0.39 is 0 Å². The number of carbonyl (C=O) groups excluding carboxylic acids is 2. The van der Waals surface area contributed by atoms with Crippen molar-refractivity contribution >= 4 is 18.0 Å². The van der Waals surface area contributed by atoms with Crippen LogP contribution in [0, 0.1) is 0 Å². The highest BCUT2D eigenvalue weighted by molar-refractivity contribution is 5.92. The van der Waals surface area contributed by atoms with Crippen LogP contribution in [0.15, 0.2) is 54.9 Å². The molecule has 1 aromatic heterocycles. The van der Waals surface area contributed by atoms with Crippen molar-refractivity contribution in [3.05, 3.63) is 66.0 Å². The summed E-state index contributed by atoms with van der Waals surface area (Å²) in [6.45, 7) is 3.31. The molecule has 1 aromatic carbocycles. The van der Waals surface area contributed by atoms with E-state index >= 15 is 0 Å². The third-order valence-corrected chi connectivity index (χ3v) is 4.03. The third kappa shape index (κ3) is 6.87. The maximum absolute atomic E-state index is 12.8. The largest absolute Gasteiger partial charge is 0.493 e. The first-order valence-electron chi connectivity index (χ1n) is 9.28. The Labute approximate surface area is 165 Å². The topological polar surface area (TPSA) is 68.7 Å². The van der Waals surface area contributed by atoms with E-state index in [1.165, 1.54) is 13.2 Å². The van der Waals surface area contributed by atoms with Crippen molar-refractivity contribution in [2.75, 3.05) is 20.3 Å². The number of aromatic nitrogens is 1. The fourth-order valence-corrected chi connectivity index (χ4v) is 2.53.